The fraction of sp³-hybridized carbons (Fsp3) is 0.438. The number of alkyl halides is 3. The summed E-state index contributed by atoms with van der Waals surface area (Å²) in [6, 6.07) is 3.24. The van der Waals surface area contributed by atoms with E-state index >= 15 is 0 Å². The maximum Gasteiger partial charge on any atom is 0.573 e. The third-order valence-corrected chi connectivity index (χ3v) is 2.98. The summed E-state index contributed by atoms with van der Waals surface area (Å²) in [5.41, 5.74) is -0.0546. The Morgan fingerprint density at radius 3 is 2.31 bits per heavy atom. The van der Waals surface area contributed by atoms with Crippen molar-refractivity contribution >= 4 is 17.8 Å². The van der Waals surface area contributed by atoms with E-state index in [0.717, 1.165) is 30.7 Å². The van der Waals surface area contributed by atoms with Crippen LogP contribution in [-0.4, -0.2) is 43.3 Å². The minimum Gasteiger partial charge on any atom is -0.452 e. The minimum atomic E-state index is -4.83. The molecule has 0 saturated heterocycles. The molecule has 0 aromatic heterocycles. The first-order valence-corrected chi connectivity index (χ1v) is 7.72. The summed E-state index contributed by atoms with van der Waals surface area (Å²) in [6.07, 6.45) is -4.09. The summed E-state index contributed by atoms with van der Waals surface area (Å²) in [6.45, 7) is 3.20. The van der Waals surface area contributed by atoms with Gasteiger partial charge in [0.05, 0.1) is 5.56 Å². The molecule has 1 atom stereocenters. The summed E-state index contributed by atoms with van der Waals surface area (Å²) in [5, 5.41) is 4.95. The van der Waals surface area contributed by atoms with Gasteiger partial charge in [-0.3, -0.25) is 9.59 Å². The zero-order chi connectivity index (χ0) is 19.7. The molecular formula is C16H19F3N2O5. The highest BCUT2D eigenvalue weighted by Gasteiger charge is 2.31. The van der Waals surface area contributed by atoms with Gasteiger partial charge in [-0.05, 0) is 37.6 Å². The highest BCUT2D eigenvalue weighted by Crippen LogP contribution is 2.22. The van der Waals surface area contributed by atoms with Crippen molar-refractivity contribution in [3.63, 3.8) is 0 Å². The number of hydrogen-bond donors (Lipinski definition) is 2. The lowest BCUT2D eigenvalue weighted by Crippen LogP contribution is -2.46. The molecule has 2 amide bonds. The molecule has 0 unspecified atom stereocenters. The lowest BCUT2D eigenvalue weighted by Gasteiger charge is -2.14. The van der Waals surface area contributed by atoms with Crippen molar-refractivity contribution in [2.45, 2.75) is 32.7 Å². The molecule has 0 saturated carbocycles. The van der Waals surface area contributed by atoms with Crippen molar-refractivity contribution < 1.29 is 37.0 Å². The van der Waals surface area contributed by atoms with Crippen molar-refractivity contribution in [3.8, 4) is 5.75 Å². The summed E-state index contributed by atoms with van der Waals surface area (Å²) >= 11 is 0. The van der Waals surface area contributed by atoms with Crippen molar-refractivity contribution in [3.05, 3.63) is 29.8 Å². The van der Waals surface area contributed by atoms with Gasteiger partial charge in [0.2, 0.25) is 5.91 Å². The van der Waals surface area contributed by atoms with Gasteiger partial charge in [-0.2, -0.15) is 0 Å². The predicted molar refractivity (Wildman–Crippen MR) is 84.3 cm³/mol. The number of hydrogen-bond acceptors (Lipinski definition) is 5. The molecule has 0 radical (unpaired) electrons. The molecule has 0 heterocycles. The third-order valence-electron chi connectivity index (χ3n) is 2.98. The first kappa shape index (κ1) is 21.3. The summed E-state index contributed by atoms with van der Waals surface area (Å²) < 4.78 is 44.6. The second-order valence-electron chi connectivity index (χ2n) is 5.23. The molecule has 0 aliphatic heterocycles. The first-order valence-electron chi connectivity index (χ1n) is 7.72. The van der Waals surface area contributed by atoms with Crippen LogP contribution >= 0.6 is 0 Å². The quantitative estimate of drug-likeness (QED) is 0.675. The Hall–Kier alpha value is -2.78. The second kappa shape index (κ2) is 9.64. The van der Waals surface area contributed by atoms with Crippen LogP contribution in [0.25, 0.3) is 0 Å². The zero-order valence-corrected chi connectivity index (χ0v) is 14.2. The molecule has 0 spiro atoms. The second-order valence-corrected chi connectivity index (χ2v) is 5.23. The monoisotopic (exact) mass is 376 g/mol. The highest BCUT2D eigenvalue weighted by molar-refractivity contribution is 5.92. The highest BCUT2D eigenvalue weighted by atomic mass is 19.4. The van der Waals surface area contributed by atoms with Crippen LogP contribution in [-0.2, 0) is 14.3 Å². The van der Waals surface area contributed by atoms with Crippen LogP contribution in [0.1, 0.15) is 30.6 Å². The van der Waals surface area contributed by atoms with Gasteiger partial charge >= 0.3 is 12.3 Å². The van der Waals surface area contributed by atoms with Gasteiger partial charge in [-0.25, -0.2) is 4.79 Å². The van der Waals surface area contributed by atoms with Gasteiger partial charge < -0.3 is 20.1 Å². The smallest absolute Gasteiger partial charge is 0.452 e. The molecule has 0 fully saturated rings. The van der Waals surface area contributed by atoms with Gasteiger partial charge in [-0.1, -0.05) is 6.92 Å². The van der Waals surface area contributed by atoms with E-state index in [4.69, 9.17) is 4.74 Å². The van der Waals surface area contributed by atoms with Crippen LogP contribution in [0.5, 0.6) is 5.75 Å². The zero-order valence-electron chi connectivity index (χ0n) is 14.2. The topological polar surface area (TPSA) is 93.7 Å². The molecule has 1 rings (SSSR count). The molecule has 10 heteroatoms. The summed E-state index contributed by atoms with van der Waals surface area (Å²) in [7, 11) is 0. The van der Waals surface area contributed by atoms with Crippen LogP contribution in [0.4, 0.5) is 13.2 Å². The molecule has 144 valence electrons. The number of benzene rings is 1. The van der Waals surface area contributed by atoms with Gasteiger partial charge in [0.15, 0.2) is 6.61 Å². The average Bonchev–Trinajstić information content (AvgIpc) is 2.56. The molecule has 0 bridgehead atoms. The van der Waals surface area contributed by atoms with E-state index in [1.165, 1.54) is 6.92 Å². The Bertz CT molecular complexity index is 632. The van der Waals surface area contributed by atoms with Crippen molar-refractivity contribution in [1.29, 1.82) is 0 Å². The first-order chi connectivity index (χ1) is 12.1. The van der Waals surface area contributed by atoms with Gasteiger partial charge in [0.25, 0.3) is 5.91 Å². The van der Waals surface area contributed by atoms with Crippen molar-refractivity contribution in [2.75, 3.05) is 13.2 Å². The van der Waals surface area contributed by atoms with E-state index in [-0.39, 0.29) is 11.5 Å². The van der Waals surface area contributed by atoms with Crippen LogP contribution < -0.4 is 15.4 Å². The maximum absolute atomic E-state index is 12.1. The molecule has 2 N–H and O–H groups in total. The number of halogens is 3. The number of esters is 1. The lowest BCUT2D eigenvalue weighted by molar-refractivity contribution is -0.274. The SMILES string of the molecule is CCCNC(=O)[C@H](C)NC(=O)COC(=O)c1ccc(OC(F)(F)F)cc1. The van der Waals surface area contributed by atoms with E-state index in [1.54, 1.807) is 0 Å². The van der Waals surface area contributed by atoms with Crippen molar-refractivity contribution in [1.82, 2.24) is 10.6 Å². The molecule has 1 aromatic rings. The van der Waals surface area contributed by atoms with E-state index < -0.39 is 36.6 Å². The molecule has 26 heavy (non-hydrogen) atoms. The normalized spacial score (nSPS) is 12.0. The Kier molecular flexibility index (Phi) is 7.88. The maximum atomic E-state index is 12.1. The van der Waals surface area contributed by atoms with E-state index in [2.05, 4.69) is 15.4 Å². The molecule has 0 aliphatic carbocycles. The fourth-order valence-electron chi connectivity index (χ4n) is 1.76. The van der Waals surface area contributed by atoms with E-state index in [9.17, 15) is 27.6 Å². The van der Waals surface area contributed by atoms with Gasteiger partial charge in [0.1, 0.15) is 11.8 Å². The van der Waals surface area contributed by atoms with Gasteiger partial charge in [-0.15, -0.1) is 13.2 Å². The minimum absolute atomic E-state index is 0.0546. The largest absolute Gasteiger partial charge is 0.573 e. The molecule has 7 nitrogen and oxygen atoms in total. The average molecular weight is 376 g/mol. The Labute approximate surface area is 147 Å². The van der Waals surface area contributed by atoms with Crippen LogP contribution in [0.15, 0.2) is 24.3 Å². The number of carbonyl (C=O) groups excluding carboxylic acids is 3. The Morgan fingerprint density at radius 2 is 1.77 bits per heavy atom. The summed E-state index contributed by atoms with van der Waals surface area (Å²) in [5.74, 6) is -2.44. The van der Waals surface area contributed by atoms with Crippen molar-refractivity contribution in [2.24, 2.45) is 0 Å². The predicted octanol–water partition coefficient (Wildman–Crippen LogP) is 1.77. The Morgan fingerprint density at radius 1 is 1.15 bits per heavy atom. The standard InChI is InChI=1S/C16H19F3N2O5/c1-3-8-20-14(23)10(2)21-13(22)9-25-15(24)11-4-6-12(7-5-11)26-16(17,18)19/h4-7,10H,3,8-9H2,1-2H3,(H,20,23)(H,21,22)/t10-/m0/s1. The number of amides is 2. The molecule has 1 aromatic carbocycles. The van der Waals surface area contributed by atoms with E-state index in [1.807, 2.05) is 6.92 Å². The molecule has 0 aliphatic rings. The number of carbonyl (C=O) groups is 3. The number of ether oxygens (including phenoxy) is 2. The number of rotatable bonds is 8. The molecular weight excluding hydrogens is 357 g/mol. The van der Waals surface area contributed by atoms with Gasteiger partial charge in [0, 0.05) is 6.54 Å². The van der Waals surface area contributed by atoms with E-state index in [0.29, 0.717) is 6.54 Å². The number of nitrogens with one attached hydrogen (secondary N) is 2. The van der Waals surface area contributed by atoms with Crippen LogP contribution in [0, 0.1) is 0 Å². The summed E-state index contributed by atoms with van der Waals surface area (Å²) in [4.78, 5) is 35.0. The fourth-order valence-corrected chi connectivity index (χ4v) is 1.76. The third kappa shape index (κ3) is 7.86. The van der Waals surface area contributed by atoms with Crippen LogP contribution in [0.2, 0.25) is 0 Å². The Balaban J connectivity index is 2.45. The lowest BCUT2D eigenvalue weighted by atomic mass is 10.2. The van der Waals surface area contributed by atoms with Crippen LogP contribution in [0.3, 0.4) is 0 Å².